The van der Waals surface area contributed by atoms with Crippen LogP contribution in [-0.4, -0.2) is 50.0 Å². The zero-order chi connectivity index (χ0) is 13.4. The summed E-state index contributed by atoms with van der Waals surface area (Å²) in [5.41, 5.74) is 2.46. The Morgan fingerprint density at radius 2 is 2.05 bits per heavy atom. The topological polar surface area (TPSA) is 54.6 Å². The van der Waals surface area contributed by atoms with Crippen molar-refractivity contribution in [3.63, 3.8) is 0 Å². The molecule has 0 spiro atoms. The Bertz CT molecular complexity index is 786. The first-order valence-corrected chi connectivity index (χ1v) is 5.99. The van der Waals surface area contributed by atoms with E-state index in [0.717, 1.165) is 11.3 Å². The number of carbonyl (C=O) groups is 1. The monoisotopic (exact) mass is 295 g/mol. The van der Waals surface area contributed by atoms with Crippen molar-refractivity contribution in [3.05, 3.63) is 59.4 Å². The van der Waals surface area contributed by atoms with Gasteiger partial charge in [-0.1, -0.05) is 23.7 Å². The number of imidazole rings is 1. The van der Waals surface area contributed by atoms with Crippen LogP contribution in [0.2, 0.25) is 5.02 Å². The molecule has 1 radical (unpaired) electrons. The van der Waals surface area contributed by atoms with Crippen molar-refractivity contribution in [2.75, 3.05) is 0 Å². The molecule has 0 aliphatic rings. The van der Waals surface area contributed by atoms with Gasteiger partial charge in [-0.2, -0.15) is 0 Å². The third-order valence-electron chi connectivity index (χ3n) is 2.83. The smallest absolute Gasteiger partial charge is 0.335 e. The van der Waals surface area contributed by atoms with Gasteiger partial charge in [0.1, 0.15) is 5.65 Å². The summed E-state index contributed by atoms with van der Waals surface area (Å²) in [4.78, 5) is 15.3. The Balaban J connectivity index is 0.00000147. The number of aromatic nitrogens is 2. The number of benzene rings is 1. The van der Waals surface area contributed by atoms with Gasteiger partial charge in [0, 0.05) is 52.5 Å². The van der Waals surface area contributed by atoms with E-state index in [1.54, 1.807) is 22.7 Å². The molecule has 6 heteroatoms. The van der Waals surface area contributed by atoms with Crippen LogP contribution < -0.4 is 0 Å². The van der Waals surface area contributed by atoms with E-state index in [-0.39, 0.29) is 35.1 Å². The summed E-state index contributed by atoms with van der Waals surface area (Å²) in [5.74, 6) is -0.963. The third kappa shape index (κ3) is 2.88. The van der Waals surface area contributed by atoms with Crippen molar-refractivity contribution in [1.29, 1.82) is 0 Å². The molecule has 95 valence electrons. The van der Waals surface area contributed by atoms with Crippen LogP contribution in [0.5, 0.6) is 0 Å². The average Bonchev–Trinajstić information content (AvgIpc) is 2.81. The van der Waals surface area contributed by atoms with Crippen LogP contribution in [0.1, 0.15) is 10.4 Å². The van der Waals surface area contributed by atoms with E-state index in [2.05, 4.69) is 4.98 Å². The molecular formula is C14H9ClN2NaO2. The molecule has 0 saturated heterocycles. The maximum absolute atomic E-state index is 10.9. The van der Waals surface area contributed by atoms with Gasteiger partial charge in [0.2, 0.25) is 0 Å². The zero-order valence-electron chi connectivity index (χ0n) is 10.7. The van der Waals surface area contributed by atoms with Crippen LogP contribution in [0.15, 0.2) is 48.8 Å². The van der Waals surface area contributed by atoms with Gasteiger partial charge in [0.15, 0.2) is 0 Å². The van der Waals surface area contributed by atoms with Crippen molar-refractivity contribution in [1.82, 2.24) is 9.38 Å². The summed E-state index contributed by atoms with van der Waals surface area (Å²) in [6.45, 7) is 0. The number of aromatic carboxylic acids is 1. The first kappa shape index (κ1) is 15.1. The van der Waals surface area contributed by atoms with Gasteiger partial charge in [-0.05, 0) is 24.3 Å². The molecule has 0 bridgehead atoms. The molecule has 0 aliphatic heterocycles. The van der Waals surface area contributed by atoms with Crippen molar-refractivity contribution in [3.8, 4) is 11.3 Å². The fourth-order valence-corrected chi connectivity index (χ4v) is 2.09. The van der Waals surface area contributed by atoms with E-state index in [1.165, 1.54) is 6.07 Å². The number of hydrogen-bond acceptors (Lipinski definition) is 2. The molecule has 0 unspecified atom stereocenters. The van der Waals surface area contributed by atoms with Crippen LogP contribution in [0.4, 0.5) is 0 Å². The Hall–Kier alpha value is -1.33. The number of nitrogens with zero attached hydrogens (tertiary/aromatic N) is 2. The van der Waals surface area contributed by atoms with E-state index in [9.17, 15) is 4.79 Å². The summed E-state index contributed by atoms with van der Waals surface area (Å²) >= 11 is 5.95. The quantitative estimate of drug-likeness (QED) is 0.740. The molecule has 0 atom stereocenters. The van der Waals surface area contributed by atoms with Crippen molar-refractivity contribution in [2.45, 2.75) is 0 Å². The molecule has 0 amide bonds. The average molecular weight is 296 g/mol. The Kier molecular flexibility index (Phi) is 4.50. The van der Waals surface area contributed by atoms with Gasteiger partial charge in [0.25, 0.3) is 0 Å². The number of fused-ring (bicyclic) bond motifs is 1. The van der Waals surface area contributed by atoms with Gasteiger partial charge in [0.05, 0.1) is 11.3 Å². The Labute approximate surface area is 142 Å². The number of halogens is 1. The van der Waals surface area contributed by atoms with E-state index < -0.39 is 5.97 Å². The number of carboxylic acid groups (broad SMARTS) is 1. The summed E-state index contributed by atoms with van der Waals surface area (Å²) in [6, 6.07) is 10.5. The van der Waals surface area contributed by atoms with Crippen molar-refractivity contribution >= 4 is 52.8 Å². The number of carboxylic acids is 1. The van der Waals surface area contributed by atoms with E-state index >= 15 is 0 Å². The van der Waals surface area contributed by atoms with Gasteiger partial charge < -0.3 is 9.51 Å². The van der Waals surface area contributed by atoms with Crippen LogP contribution >= 0.6 is 11.6 Å². The molecule has 3 rings (SSSR count). The molecule has 2 aromatic heterocycles. The molecule has 4 nitrogen and oxygen atoms in total. The molecule has 1 aromatic carbocycles. The predicted molar refractivity (Wildman–Crippen MR) is 78.4 cm³/mol. The van der Waals surface area contributed by atoms with E-state index in [4.69, 9.17) is 16.7 Å². The summed E-state index contributed by atoms with van der Waals surface area (Å²) in [5, 5.41) is 9.59. The van der Waals surface area contributed by atoms with Crippen LogP contribution in [-0.2, 0) is 0 Å². The number of rotatable bonds is 2. The van der Waals surface area contributed by atoms with E-state index in [1.807, 2.05) is 24.4 Å². The van der Waals surface area contributed by atoms with E-state index in [0.29, 0.717) is 10.7 Å². The Morgan fingerprint density at radius 3 is 2.75 bits per heavy atom. The van der Waals surface area contributed by atoms with Gasteiger partial charge in [-0.3, -0.25) is 0 Å². The number of pyridine rings is 1. The summed E-state index contributed by atoms with van der Waals surface area (Å²) < 4.78 is 1.78. The van der Waals surface area contributed by atoms with Gasteiger partial charge in [-0.25, -0.2) is 9.78 Å². The molecule has 2 heterocycles. The second kappa shape index (κ2) is 5.97. The van der Waals surface area contributed by atoms with Gasteiger partial charge >= 0.3 is 5.97 Å². The molecule has 20 heavy (non-hydrogen) atoms. The molecule has 1 N–H and O–H groups in total. The third-order valence-corrected chi connectivity index (χ3v) is 3.06. The summed E-state index contributed by atoms with van der Waals surface area (Å²) in [6.07, 6.45) is 3.52. The Morgan fingerprint density at radius 1 is 1.25 bits per heavy atom. The van der Waals surface area contributed by atoms with Crippen molar-refractivity contribution in [2.24, 2.45) is 0 Å². The normalized spacial score (nSPS) is 10.2. The fourth-order valence-electron chi connectivity index (χ4n) is 1.90. The molecular weight excluding hydrogens is 287 g/mol. The summed E-state index contributed by atoms with van der Waals surface area (Å²) in [7, 11) is 0. The first-order chi connectivity index (χ1) is 9.13. The SMILES string of the molecule is O=C(O)c1ccn2cc(-c3cccc(Cl)c3)nc2c1.[Na]. The van der Waals surface area contributed by atoms with Crippen LogP contribution in [0.3, 0.4) is 0 Å². The zero-order valence-corrected chi connectivity index (χ0v) is 13.5. The molecule has 0 aliphatic carbocycles. The van der Waals surface area contributed by atoms with Crippen LogP contribution in [0.25, 0.3) is 16.9 Å². The second-order valence-corrected chi connectivity index (χ2v) is 4.56. The minimum absolute atomic E-state index is 0. The first-order valence-electron chi connectivity index (χ1n) is 5.61. The van der Waals surface area contributed by atoms with Gasteiger partial charge in [-0.15, -0.1) is 0 Å². The van der Waals surface area contributed by atoms with Crippen LogP contribution in [0, 0.1) is 0 Å². The molecule has 3 aromatic rings. The molecule has 0 fully saturated rings. The minimum Gasteiger partial charge on any atom is -0.478 e. The predicted octanol–water partition coefficient (Wildman–Crippen LogP) is 2.97. The molecule has 0 saturated carbocycles. The largest absolute Gasteiger partial charge is 0.478 e. The number of hydrogen-bond donors (Lipinski definition) is 1. The second-order valence-electron chi connectivity index (χ2n) is 4.12. The standard InChI is InChI=1S/C14H9ClN2O2.Na/c15-11-3-1-2-9(6-11)12-8-17-5-4-10(14(18)19)7-13(17)16-12;/h1-8H,(H,18,19);. The van der Waals surface area contributed by atoms with Crippen molar-refractivity contribution < 1.29 is 9.90 Å². The maximum Gasteiger partial charge on any atom is 0.335 e. The maximum atomic E-state index is 10.9. The minimum atomic E-state index is -0.963. The fraction of sp³-hybridized carbons (Fsp3) is 0.